The van der Waals surface area contributed by atoms with E-state index >= 15 is 0 Å². The molecule has 1 aliphatic heterocycles. The minimum atomic E-state index is -1.13. The van der Waals surface area contributed by atoms with E-state index in [1.165, 1.54) is 30.4 Å². The van der Waals surface area contributed by atoms with E-state index in [1.807, 2.05) is 12.3 Å². The molecular formula is C23H24Cl2N4O4S. The number of aliphatic carboxylic acids is 1. The molecule has 3 rings (SSSR count). The molecule has 0 aliphatic carbocycles. The van der Waals surface area contributed by atoms with Gasteiger partial charge in [-0.3, -0.25) is 9.59 Å². The first-order chi connectivity index (χ1) is 16.3. The number of halogens is 2. The highest BCUT2D eigenvalue weighted by Gasteiger charge is 2.30. The predicted molar refractivity (Wildman–Crippen MR) is 132 cm³/mol. The van der Waals surface area contributed by atoms with Gasteiger partial charge in [0.2, 0.25) is 11.8 Å². The van der Waals surface area contributed by atoms with Crippen molar-refractivity contribution < 1.29 is 19.5 Å². The number of nitrogens with one attached hydrogen (secondary N) is 1. The second-order valence-corrected chi connectivity index (χ2v) is 9.33. The number of hydrogen-bond donors (Lipinski definition) is 2. The lowest BCUT2D eigenvalue weighted by atomic mass is 9.95. The summed E-state index contributed by atoms with van der Waals surface area (Å²) in [4.78, 5) is 47.2. The Labute approximate surface area is 211 Å². The molecule has 2 N–H and O–H groups in total. The Hall–Kier alpha value is -2.62. The molecular weight excluding hydrogens is 499 g/mol. The van der Waals surface area contributed by atoms with E-state index in [2.05, 4.69) is 15.3 Å². The zero-order valence-electron chi connectivity index (χ0n) is 18.4. The maximum Gasteiger partial charge on any atom is 0.326 e. The summed E-state index contributed by atoms with van der Waals surface area (Å²) in [6.45, 7) is 0.787. The molecule has 2 aromatic rings. The SMILES string of the molecule is CSc1ccc(C=CC(=O)N2CCC(C(=O)NC(Cc3ccncn3)C(=O)O)CC2)c(Cl)c1Cl. The molecule has 0 radical (unpaired) electrons. The Kier molecular flexibility index (Phi) is 9.32. The van der Waals surface area contributed by atoms with Gasteiger partial charge in [0.05, 0.1) is 10.0 Å². The summed E-state index contributed by atoms with van der Waals surface area (Å²) in [5.41, 5.74) is 1.18. The summed E-state index contributed by atoms with van der Waals surface area (Å²) in [5.74, 6) is -2.02. The van der Waals surface area contributed by atoms with Gasteiger partial charge < -0.3 is 15.3 Å². The van der Waals surface area contributed by atoms with Crippen LogP contribution in [-0.4, -0.2) is 63.1 Å². The van der Waals surface area contributed by atoms with E-state index in [9.17, 15) is 19.5 Å². The van der Waals surface area contributed by atoms with Crippen molar-refractivity contribution in [3.05, 3.63) is 58.1 Å². The molecule has 34 heavy (non-hydrogen) atoms. The molecule has 1 atom stereocenters. The molecule has 11 heteroatoms. The zero-order chi connectivity index (χ0) is 24.7. The number of carbonyl (C=O) groups is 3. The molecule has 1 fully saturated rings. The molecule has 0 bridgehead atoms. The van der Waals surface area contributed by atoms with E-state index in [1.54, 1.807) is 23.1 Å². The number of aromatic nitrogens is 2. The van der Waals surface area contributed by atoms with Gasteiger partial charge in [-0.05, 0) is 42.9 Å². The van der Waals surface area contributed by atoms with Crippen molar-refractivity contribution in [3.8, 4) is 0 Å². The topological polar surface area (TPSA) is 112 Å². The van der Waals surface area contributed by atoms with E-state index < -0.39 is 12.0 Å². The Morgan fingerprint density at radius 1 is 1.24 bits per heavy atom. The van der Waals surface area contributed by atoms with Crippen LogP contribution in [-0.2, 0) is 20.8 Å². The number of likely N-dealkylation sites (tertiary alicyclic amines) is 1. The lowest BCUT2D eigenvalue weighted by Gasteiger charge is -2.31. The van der Waals surface area contributed by atoms with Crippen molar-refractivity contribution in [2.45, 2.75) is 30.2 Å². The Morgan fingerprint density at radius 3 is 2.59 bits per heavy atom. The van der Waals surface area contributed by atoms with E-state index in [-0.39, 0.29) is 24.2 Å². The van der Waals surface area contributed by atoms with Gasteiger partial charge in [0, 0.05) is 48.3 Å². The summed E-state index contributed by atoms with van der Waals surface area (Å²) in [7, 11) is 0. The quantitative estimate of drug-likeness (QED) is 0.402. The average molecular weight is 523 g/mol. The lowest BCUT2D eigenvalue weighted by Crippen LogP contribution is -2.48. The molecule has 1 saturated heterocycles. The highest BCUT2D eigenvalue weighted by Crippen LogP contribution is 2.35. The fourth-order valence-electron chi connectivity index (χ4n) is 3.60. The zero-order valence-corrected chi connectivity index (χ0v) is 20.7. The first-order valence-corrected chi connectivity index (χ1v) is 12.5. The van der Waals surface area contributed by atoms with Gasteiger partial charge >= 0.3 is 5.97 Å². The van der Waals surface area contributed by atoms with Crippen LogP contribution in [0.4, 0.5) is 0 Å². The van der Waals surface area contributed by atoms with Crippen molar-refractivity contribution in [1.82, 2.24) is 20.2 Å². The third-order valence-corrected chi connectivity index (χ3v) is 7.34. The van der Waals surface area contributed by atoms with Crippen LogP contribution in [0.15, 0.2) is 41.7 Å². The molecule has 1 unspecified atom stereocenters. The van der Waals surface area contributed by atoms with Crippen LogP contribution in [0.2, 0.25) is 10.0 Å². The summed E-state index contributed by atoms with van der Waals surface area (Å²) >= 11 is 14.0. The number of benzene rings is 1. The van der Waals surface area contributed by atoms with Crippen molar-refractivity contribution in [2.75, 3.05) is 19.3 Å². The molecule has 8 nitrogen and oxygen atoms in total. The summed E-state index contributed by atoms with van der Waals surface area (Å²) < 4.78 is 0. The number of piperidine rings is 1. The van der Waals surface area contributed by atoms with Gasteiger partial charge in [-0.2, -0.15) is 0 Å². The maximum absolute atomic E-state index is 12.7. The van der Waals surface area contributed by atoms with Crippen LogP contribution in [0.25, 0.3) is 6.08 Å². The van der Waals surface area contributed by atoms with Crippen LogP contribution in [0.3, 0.4) is 0 Å². The Balaban J connectivity index is 1.53. The van der Waals surface area contributed by atoms with Crippen molar-refractivity contribution >= 4 is 58.8 Å². The number of hydrogen-bond acceptors (Lipinski definition) is 6. The van der Waals surface area contributed by atoms with Gasteiger partial charge in [0.25, 0.3) is 0 Å². The van der Waals surface area contributed by atoms with Gasteiger partial charge in [-0.25, -0.2) is 14.8 Å². The second-order valence-electron chi connectivity index (χ2n) is 7.72. The monoisotopic (exact) mass is 522 g/mol. The molecule has 180 valence electrons. The molecule has 2 heterocycles. The highest BCUT2D eigenvalue weighted by atomic mass is 35.5. The molecule has 1 aromatic carbocycles. The maximum atomic E-state index is 12.7. The van der Waals surface area contributed by atoms with Crippen LogP contribution >= 0.6 is 35.0 Å². The van der Waals surface area contributed by atoms with Crippen molar-refractivity contribution in [2.24, 2.45) is 5.92 Å². The standard InChI is InChI=1S/C23H24Cl2N4O4S/c1-34-18-4-2-14(20(24)21(18)25)3-5-19(30)29-10-7-15(8-11-29)22(31)28-17(23(32)33)12-16-6-9-26-13-27-16/h2-6,9,13,15,17H,7-8,10-12H2,1H3,(H,28,31)(H,32,33). The first kappa shape index (κ1) is 26.0. The fourth-order valence-corrected chi connectivity index (χ4v) is 4.77. The first-order valence-electron chi connectivity index (χ1n) is 10.6. The molecule has 1 aliphatic rings. The van der Waals surface area contributed by atoms with Gasteiger partial charge in [-0.15, -0.1) is 11.8 Å². The fraction of sp³-hybridized carbons (Fsp3) is 0.348. The molecule has 0 spiro atoms. The minimum absolute atomic E-state index is 0.0657. The van der Waals surface area contributed by atoms with Gasteiger partial charge in [0.1, 0.15) is 12.4 Å². The number of carbonyl (C=O) groups excluding carboxylic acids is 2. The van der Waals surface area contributed by atoms with E-state index in [4.69, 9.17) is 23.2 Å². The third-order valence-electron chi connectivity index (χ3n) is 5.55. The number of thioether (sulfide) groups is 1. The smallest absolute Gasteiger partial charge is 0.326 e. The average Bonchev–Trinajstić information content (AvgIpc) is 2.85. The van der Waals surface area contributed by atoms with Crippen molar-refractivity contribution in [1.29, 1.82) is 0 Å². The van der Waals surface area contributed by atoms with E-state index in [0.29, 0.717) is 47.2 Å². The summed E-state index contributed by atoms with van der Waals surface area (Å²) in [5, 5.41) is 12.9. The Bertz CT molecular complexity index is 1080. The number of nitrogens with zero attached hydrogens (tertiary/aromatic N) is 3. The number of rotatable bonds is 8. The normalized spacial score (nSPS) is 15.3. The minimum Gasteiger partial charge on any atom is -0.480 e. The Morgan fingerprint density at radius 2 is 1.97 bits per heavy atom. The van der Waals surface area contributed by atoms with Gasteiger partial charge in [-0.1, -0.05) is 29.3 Å². The molecule has 1 aromatic heterocycles. The molecule has 2 amide bonds. The van der Waals surface area contributed by atoms with Crippen LogP contribution in [0, 0.1) is 5.92 Å². The number of amides is 2. The van der Waals surface area contributed by atoms with E-state index in [0.717, 1.165) is 4.90 Å². The lowest BCUT2D eigenvalue weighted by molar-refractivity contribution is -0.142. The predicted octanol–water partition coefficient (Wildman–Crippen LogP) is 3.57. The van der Waals surface area contributed by atoms with Crippen LogP contribution in [0.1, 0.15) is 24.1 Å². The summed E-state index contributed by atoms with van der Waals surface area (Å²) in [6.07, 6.45) is 8.78. The highest BCUT2D eigenvalue weighted by molar-refractivity contribution is 7.98. The van der Waals surface area contributed by atoms with Crippen LogP contribution < -0.4 is 5.32 Å². The number of carboxylic acid groups (broad SMARTS) is 1. The van der Waals surface area contributed by atoms with Gasteiger partial charge in [0.15, 0.2) is 0 Å². The number of carboxylic acids is 1. The summed E-state index contributed by atoms with van der Waals surface area (Å²) in [6, 6.07) is 4.18. The second kappa shape index (κ2) is 12.2. The molecule has 0 saturated carbocycles. The van der Waals surface area contributed by atoms with Crippen molar-refractivity contribution in [3.63, 3.8) is 0 Å². The largest absolute Gasteiger partial charge is 0.480 e. The van der Waals surface area contributed by atoms with Crippen LogP contribution in [0.5, 0.6) is 0 Å². The third kappa shape index (κ3) is 6.71.